The number of β-amino-alcohol motifs (C(OH)–C–C–N with tert-alkyl or cyclic N) is 1. The first-order chi connectivity index (χ1) is 10.1. The van der Waals surface area contributed by atoms with Crippen molar-refractivity contribution in [3.05, 3.63) is 36.0 Å². The summed E-state index contributed by atoms with van der Waals surface area (Å²) in [6, 6.07) is 8.98. The van der Waals surface area contributed by atoms with Crippen LogP contribution < -0.4 is 4.90 Å². The minimum absolute atomic E-state index is 0.174. The molecule has 1 aromatic carbocycles. The van der Waals surface area contributed by atoms with Crippen LogP contribution in [0.1, 0.15) is 18.5 Å². The van der Waals surface area contributed by atoms with Crippen LogP contribution in [0.4, 0.5) is 5.82 Å². The number of nitrogens with zero attached hydrogens (tertiary/aromatic N) is 3. The predicted molar refractivity (Wildman–Crippen MR) is 81.3 cm³/mol. The smallest absolute Gasteiger partial charge is 0.165 e. The van der Waals surface area contributed by atoms with Crippen LogP contribution in [0.3, 0.4) is 0 Å². The molecule has 0 amide bonds. The number of aliphatic hydroxyl groups is 1. The minimum atomic E-state index is -0.303. The van der Waals surface area contributed by atoms with E-state index in [1.165, 1.54) is 0 Å². The summed E-state index contributed by atoms with van der Waals surface area (Å²) in [5, 5.41) is 19.8. The van der Waals surface area contributed by atoms with Crippen LogP contribution in [-0.2, 0) is 0 Å². The zero-order chi connectivity index (χ0) is 14.8. The molecule has 21 heavy (non-hydrogen) atoms. The number of aromatic hydroxyl groups is 1. The maximum absolute atomic E-state index is 9.96. The van der Waals surface area contributed by atoms with Crippen molar-refractivity contribution in [1.29, 1.82) is 0 Å². The van der Waals surface area contributed by atoms with E-state index in [1.807, 2.05) is 19.1 Å². The molecule has 0 radical (unpaired) electrons. The van der Waals surface area contributed by atoms with Crippen molar-refractivity contribution < 1.29 is 10.2 Å². The molecule has 1 aromatic heterocycles. The number of rotatable bonds is 2. The Morgan fingerprint density at radius 3 is 2.81 bits per heavy atom. The third kappa shape index (κ3) is 2.97. The average Bonchev–Trinajstić information content (AvgIpc) is 2.47. The van der Waals surface area contributed by atoms with E-state index < -0.39 is 0 Å². The number of benzene rings is 1. The fourth-order valence-electron chi connectivity index (χ4n) is 2.66. The van der Waals surface area contributed by atoms with E-state index in [2.05, 4.69) is 14.9 Å². The molecule has 1 aliphatic heterocycles. The van der Waals surface area contributed by atoms with Crippen LogP contribution in [0.5, 0.6) is 5.75 Å². The summed E-state index contributed by atoms with van der Waals surface area (Å²) in [4.78, 5) is 11.1. The number of phenols is 1. The van der Waals surface area contributed by atoms with Crippen molar-refractivity contribution in [2.45, 2.75) is 25.9 Å². The first-order valence-electron chi connectivity index (χ1n) is 7.20. The standard InChI is InChI=1S/C16H19N3O2/c1-11-9-15(19-8-4-5-12(20)10-19)18-16(17-11)13-6-2-3-7-14(13)21/h2-3,6-7,9,12,20-21H,4-5,8,10H2,1H3. The van der Waals surface area contributed by atoms with Gasteiger partial charge in [0.1, 0.15) is 11.6 Å². The van der Waals surface area contributed by atoms with Crippen molar-refractivity contribution in [2.75, 3.05) is 18.0 Å². The molecule has 1 saturated heterocycles. The fraction of sp³-hybridized carbons (Fsp3) is 0.375. The van der Waals surface area contributed by atoms with E-state index in [1.54, 1.807) is 18.2 Å². The van der Waals surface area contributed by atoms with Gasteiger partial charge in [0.25, 0.3) is 0 Å². The summed E-state index contributed by atoms with van der Waals surface area (Å²) in [6.45, 7) is 3.39. The van der Waals surface area contributed by atoms with Crippen LogP contribution in [0.25, 0.3) is 11.4 Å². The number of aryl methyl sites for hydroxylation is 1. The Morgan fingerprint density at radius 1 is 1.24 bits per heavy atom. The van der Waals surface area contributed by atoms with E-state index in [0.717, 1.165) is 30.9 Å². The van der Waals surface area contributed by atoms with Gasteiger partial charge in [0.05, 0.1) is 11.7 Å². The molecule has 1 fully saturated rings. The van der Waals surface area contributed by atoms with Gasteiger partial charge >= 0.3 is 0 Å². The van der Waals surface area contributed by atoms with Crippen molar-refractivity contribution in [3.63, 3.8) is 0 Å². The highest BCUT2D eigenvalue weighted by Gasteiger charge is 2.20. The maximum atomic E-state index is 9.96. The summed E-state index contributed by atoms with van der Waals surface area (Å²) in [6.07, 6.45) is 1.49. The molecule has 110 valence electrons. The Labute approximate surface area is 123 Å². The molecule has 1 atom stereocenters. The van der Waals surface area contributed by atoms with Gasteiger partial charge in [0.2, 0.25) is 0 Å². The summed E-state index contributed by atoms with van der Waals surface area (Å²) < 4.78 is 0. The second-order valence-electron chi connectivity index (χ2n) is 5.45. The summed E-state index contributed by atoms with van der Waals surface area (Å²) in [5.74, 6) is 1.50. The zero-order valence-electron chi connectivity index (χ0n) is 12.0. The largest absolute Gasteiger partial charge is 0.507 e. The number of piperidine rings is 1. The molecule has 2 aromatic rings. The molecule has 1 unspecified atom stereocenters. The molecule has 0 aliphatic carbocycles. The second-order valence-corrected chi connectivity index (χ2v) is 5.45. The average molecular weight is 285 g/mol. The highest BCUT2D eigenvalue weighted by molar-refractivity contribution is 5.65. The second kappa shape index (κ2) is 5.69. The Balaban J connectivity index is 1.98. The molecule has 5 heteroatoms. The van der Waals surface area contributed by atoms with E-state index in [4.69, 9.17) is 0 Å². The first-order valence-corrected chi connectivity index (χ1v) is 7.20. The lowest BCUT2D eigenvalue weighted by molar-refractivity contribution is 0.154. The monoisotopic (exact) mass is 285 g/mol. The van der Waals surface area contributed by atoms with Gasteiger partial charge in [-0.3, -0.25) is 0 Å². The predicted octanol–water partition coefficient (Wildman–Crippen LogP) is 2.12. The Hall–Kier alpha value is -2.14. The fourth-order valence-corrected chi connectivity index (χ4v) is 2.66. The molecule has 0 spiro atoms. The molecule has 3 rings (SSSR count). The maximum Gasteiger partial charge on any atom is 0.165 e. The number of para-hydroxylation sites is 1. The number of phenolic OH excluding ortho intramolecular Hbond substituents is 1. The van der Waals surface area contributed by atoms with Gasteiger partial charge < -0.3 is 15.1 Å². The summed E-state index contributed by atoms with van der Waals surface area (Å²) in [7, 11) is 0. The zero-order valence-corrected chi connectivity index (χ0v) is 12.0. The summed E-state index contributed by atoms with van der Waals surface area (Å²) in [5.41, 5.74) is 1.47. The molecular formula is C16H19N3O2. The number of aromatic nitrogens is 2. The third-order valence-electron chi connectivity index (χ3n) is 3.71. The molecule has 0 bridgehead atoms. The lowest BCUT2D eigenvalue weighted by Gasteiger charge is -2.31. The van der Waals surface area contributed by atoms with Crippen LogP contribution in [0, 0.1) is 6.92 Å². The van der Waals surface area contributed by atoms with E-state index in [0.29, 0.717) is 17.9 Å². The van der Waals surface area contributed by atoms with Crippen molar-refractivity contribution in [1.82, 2.24) is 9.97 Å². The molecule has 2 N–H and O–H groups in total. The molecule has 5 nitrogen and oxygen atoms in total. The molecule has 1 aliphatic rings. The van der Waals surface area contributed by atoms with Crippen LogP contribution in [0.2, 0.25) is 0 Å². The number of aliphatic hydroxyl groups excluding tert-OH is 1. The van der Waals surface area contributed by atoms with Crippen LogP contribution >= 0.6 is 0 Å². The molecule has 2 heterocycles. The number of anilines is 1. The lowest BCUT2D eigenvalue weighted by Crippen LogP contribution is -2.38. The van der Waals surface area contributed by atoms with Crippen molar-refractivity contribution in [2.24, 2.45) is 0 Å². The van der Waals surface area contributed by atoms with Gasteiger partial charge in [-0.05, 0) is 31.9 Å². The van der Waals surface area contributed by atoms with Gasteiger partial charge in [-0.25, -0.2) is 9.97 Å². The minimum Gasteiger partial charge on any atom is -0.507 e. The van der Waals surface area contributed by atoms with Crippen LogP contribution in [-0.4, -0.2) is 39.4 Å². The summed E-state index contributed by atoms with van der Waals surface area (Å²) >= 11 is 0. The lowest BCUT2D eigenvalue weighted by atomic mass is 10.1. The number of hydrogen-bond donors (Lipinski definition) is 2. The Bertz CT molecular complexity index is 645. The van der Waals surface area contributed by atoms with Crippen molar-refractivity contribution >= 4 is 5.82 Å². The topological polar surface area (TPSA) is 69.5 Å². The van der Waals surface area contributed by atoms with E-state index in [9.17, 15) is 10.2 Å². The highest BCUT2D eigenvalue weighted by atomic mass is 16.3. The van der Waals surface area contributed by atoms with Crippen LogP contribution in [0.15, 0.2) is 30.3 Å². The highest BCUT2D eigenvalue weighted by Crippen LogP contribution is 2.28. The van der Waals surface area contributed by atoms with Gasteiger partial charge in [0, 0.05) is 24.8 Å². The van der Waals surface area contributed by atoms with Gasteiger partial charge in [-0.2, -0.15) is 0 Å². The SMILES string of the molecule is Cc1cc(N2CCCC(O)C2)nc(-c2ccccc2O)n1. The van der Waals surface area contributed by atoms with Gasteiger partial charge in [0.15, 0.2) is 5.82 Å². The quantitative estimate of drug-likeness (QED) is 0.884. The normalized spacial score (nSPS) is 18.8. The van der Waals surface area contributed by atoms with E-state index >= 15 is 0 Å². The number of hydrogen-bond acceptors (Lipinski definition) is 5. The first kappa shape index (κ1) is 13.8. The van der Waals surface area contributed by atoms with Gasteiger partial charge in [-0.1, -0.05) is 12.1 Å². The molecule has 0 saturated carbocycles. The van der Waals surface area contributed by atoms with Gasteiger partial charge in [-0.15, -0.1) is 0 Å². The van der Waals surface area contributed by atoms with Crippen molar-refractivity contribution in [3.8, 4) is 17.1 Å². The Kier molecular flexibility index (Phi) is 3.75. The molecular weight excluding hydrogens is 266 g/mol. The third-order valence-corrected chi connectivity index (χ3v) is 3.71. The van der Waals surface area contributed by atoms with E-state index in [-0.39, 0.29) is 11.9 Å². The Morgan fingerprint density at radius 2 is 2.05 bits per heavy atom.